The quantitative estimate of drug-likeness (QED) is 0.0890. The van der Waals surface area contributed by atoms with E-state index < -0.39 is 65.3 Å². The lowest BCUT2D eigenvalue weighted by Gasteiger charge is -2.28. The van der Waals surface area contributed by atoms with Crippen LogP contribution in [0.4, 0.5) is 21.9 Å². The number of amides is 6. The Labute approximate surface area is 419 Å². The summed E-state index contributed by atoms with van der Waals surface area (Å²) in [7, 11) is 4.55. The molecule has 3 aliphatic rings. The van der Waals surface area contributed by atoms with Gasteiger partial charge in [-0.25, -0.2) is 9.59 Å². The fraction of sp³-hybridized carbons (Fsp3) is 0.426. The molecule has 3 atom stereocenters. The van der Waals surface area contributed by atoms with E-state index in [2.05, 4.69) is 16.0 Å². The van der Waals surface area contributed by atoms with Gasteiger partial charge in [0.05, 0.1) is 25.4 Å². The molecule has 382 valence electrons. The summed E-state index contributed by atoms with van der Waals surface area (Å²) >= 11 is 0. The lowest BCUT2D eigenvalue weighted by atomic mass is 10.1. The Morgan fingerprint density at radius 1 is 0.514 bits per heavy atom. The van der Waals surface area contributed by atoms with E-state index in [4.69, 9.17) is 23.7 Å². The topological polar surface area (TPSA) is 211 Å². The summed E-state index contributed by atoms with van der Waals surface area (Å²) in [5, 5.41) is 8.83. The van der Waals surface area contributed by atoms with Gasteiger partial charge in [0.2, 0.25) is 17.7 Å². The van der Waals surface area contributed by atoms with Crippen LogP contribution < -0.4 is 16.0 Å². The van der Waals surface area contributed by atoms with Crippen LogP contribution in [0.1, 0.15) is 113 Å². The predicted molar refractivity (Wildman–Crippen MR) is 267 cm³/mol. The van der Waals surface area contributed by atoms with Crippen molar-refractivity contribution in [2.24, 2.45) is 0 Å². The monoisotopic (exact) mass is 988 g/mol. The molecule has 3 aliphatic heterocycles. The van der Waals surface area contributed by atoms with Crippen molar-refractivity contribution in [1.82, 2.24) is 14.7 Å². The second-order valence-electron chi connectivity index (χ2n) is 19.1. The standard InChI is InChI=1S/C54H64N6O12/c1-54(2,3)72-53(67)60-26-12-17-46(60)49(63)56-42-28-36(19-22-39(42)32-69-5)51(65)58-24-10-15-44(58)47(61)55-41-27-35(18-21-38(41)31-68-4)50(64)59-25-11-16-45(59)48(62)57-43-29-37(20-23-40(43)33-70-6)52(66)71-30-34-13-8-7-9-14-34/h7-9,13-14,18-23,27-29,44-46H,10-12,15-17,24-26,30-33H2,1-6H3,(H,55,61)(H,56,63)(H,57,62)/t44-,45-,46-/m0/s1. The van der Waals surface area contributed by atoms with Crippen molar-refractivity contribution in [1.29, 1.82) is 0 Å². The van der Waals surface area contributed by atoms with E-state index in [9.17, 15) is 33.6 Å². The van der Waals surface area contributed by atoms with Gasteiger partial charge in [-0.2, -0.15) is 0 Å². The summed E-state index contributed by atoms with van der Waals surface area (Å²) in [5.41, 5.74) is 3.62. The van der Waals surface area contributed by atoms with Crippen LogP contribution in [0.3, 0.4) is 0 Å². The van der Waals surface area contributed by atoms with Gasteiger partial charge in [-0.1, -0.05) is 48.5 Å². The first-order valence-corrected chi connectivity index (χ1v) is 24.2. The van der Waals surface area contributed by atoms with Crippen LogP contribution >= 0.6 is 0 Å². The zero-order valence-electron chi connectivity index (χ0n) is 41.7. The van der Waals surface area contributed by atoms with Gasteiger partial charge in [0.1, 0.15) is 30.3 Å². The minimum absolute atomic E-state index is 0.0771. The van der Waals surface area contributed by atoms with Crippen LogP contribution in [-0.2, 0) is 64.5 Å². The van der Waals surface area contributed by atoms with Crippen LogP contribution in [-0.4, -0.2) is 121 Å². The van der Waals surface area contributed by atoms with Crippen molar-refractivity contribution in [3.63, 3.8) is 0 Å². The van der Waals surface area contributed by atoms with Crippen molar-refractivity contribution in [2.75, 3.05) is 56.9 Å². The molecule has 0 aromatic heterocycles. The summed E-state index contributed by atoms with van der Waals surface area (Å²) < 4.78 is 27.3. The van der Waals surface area contributed by atoms with Crippen LogP contribution in [0.15, 0.2) is 84.9 Å². The minimum atomic E-state index is -0.872. The summed E-state index contributed by atoms with van der Waals surface area (Å²) in [4.78, 5) is 101. The lowest BCUT2D eigenvalue weighted by Crippen LogP contribution is -2.45. The van der Waals surface area contributed by atoms with Gasteiger partial charge < -0.3 is 49.4 Å². The molecule has 0 bridgehead atoms. The first-order chi connectivity index (χ1) is 34.6. The van der Waals surface area contributed by atoms with Crippen molar-refractivity contribution >= 4 is 58.7 Å². The van der Waals surface area contributed by atoms with Gasteiger partial charge in [-0.3, -0.25) is 28.9 Å². The number of hydrogen-bond acceptors (Lipinski definition) is 12. The highest BCUT2D eigenvalue weighted by molar-refractivity contribution is 6.06. The molecule has 0 saturated carbocycles. The second-order valence-corrected chi connectivity index (χ2v) is 19.1. The zero-order valence-corrected chi connectivity index (χ0v) is 41.7. The number of nitrogens with zero attached hydrogens (tertiary/aromatic N) is 3. The Kier molecular flexibility index (Phi) is 17.4. The third-order valence-electron chi connectivity index (χ3n) is 12.8. The van der Waals surface area contributed by atoms with Crippen molar-refractivity contribution in [2.45, 2.75) is 109 Å². The van der Waals surface area contributed by atoms with Crippen LogP contribution in [0, 0.1) is 0 Å². The van der Waals surface area contributed by atoms with Gasteiger partial charge in [0.25, 0.3) is 11.8 Å². The number of methoxy groups -OCH3 is 3. The van der Waals surface area contributed by atoms with E-state index >= 15 is 0 Å². The fourth-order valence-corrected chi connectivity index (χ4v) is 9.24. The molecule has 3 fully saturated rings. The Morgan fingerprint density at radius 2 is 0.903 bits per heavy atom. The highest BCUT2D eigenvalue weighted by atomic mass is 16.6. The minimum Gasteiger partial charge on any atom is -0.457 e. The summed E-state index contributed by atoms with van der Waals surface area (Å²) in [6, 6.07) is 21.4. The SMILES string of the molecule is COCc1ccc(C(=O)N2CCC[C@H]2C(=O)Nc2cc(C(=O)N3CCC[C@H]3C(=O)Nc3cc(C(=O)OCc4ccccc4)ccc3COC)ccc2COC)cc1NC(=O)[C@@H]1CCCN1C(=O)OC(C)(C)C. The fourth-order valence-electron chi connectivity index (χ4n) is 9.24. The number of hydrogen-bond donors (Lipinski definition) is 3. The lowest BCUT2D eigenvalue weighted by molar-refractivity contribution is -0.120. The molecule has 18 nitrogen and oxygen atoms in total. The highest BCUT2D eigenvalue weighted by Gasteiger charge is 2.39. The molecule has 18 heteroatoms. The molecule has 4 aromatic rings. The van der Waals surface area contributed by atoms with Crippen molar-refractivity contribution in [3.05, 3.63) is 124 Å². The molecule has 6 amide bonds. The van der Waals surface area contributed by atoms with Gasteiger partial charge in [0.15, 0.2) is 0 Å². The Bertz CT molecular complexity index is 2650. The number of anilines is 3. The second kappa shape index (κ2) is 23.8. The van der Waals surface area contributed by atoms with E-state index in [-0.39, 0.29) is 43.1 Å². The third-order valence-corrected chi connectivity index (χ3v) is 12.8. The number of carbonyl (C=O) groups excluding carboxylic acids is 7. The van der Waals surface area contributed by atoms with E-state index in [0.717, 1.165) is 5.56 Å². The molecular weight excluding hydrogens is 925 g/mol. The van der Waals surface area contributed by atoms with Gasteiger partial charge in [0, 0.05) is 85.8 Å². The smallest absolute Gasteiger partial charge is 0.410 e. The number of carbonyl (C=O) groups is 7. The van der Waals surface area contributed by atoms with E-state index in [1.165, 1.54) is 36.0 Å². The van der Waals surface area contributed by atoms with Crippen molar-refractivity contribution < 1.29 is 57.2 Å². The zero-order chi connectivity index (χ0) is 51.5. The molecule has 0 unspecified atom stereocenters. The van der Waals surface area contributed by atoms with E-state index in [0.29, 0.717) is 91.9 Å². The molecule has 3 N–H and O–H groups in total. The highest BCUT2D eigenvalue weighted by Crippen LogP contribution is 2.30. The first kappa shape index (κ1) is 52.7. The number of benzene rings is 4. The maximum Gasteiger partial charge on any atom is 0.410 e. The number of esters is 1. The van der Waals surface area contributed by atoms with Gasteiger partial charge >= 0.3 is 12.1 Å². The average Bonchev–Trinajstić information content (AvgIpc) is 4.17. The van der Waals surface area contributed by atoms with Crippen LogP contribution in [0.25, 0.3) is 0 Å². The summed E-state index contributed by atoms with van der Waals surface area (Å²) in [6.07, 6.45) is 2.36. The summed E-state index contributed by atoms with van der Waals surface area (Å²) in [5.74, 6) is -2.75. The molecule has 0 radical (unpaired) electrons. The Hall–Kier alpha value is -7.15. The molecule has 3 saturated heterocycles. The molecule has 0 aliphatic carbocycles. The van der Waals surface area contributed by atoms with Gasteiger partial charge in [-0.05, 0) is 101 Å². The van der Waals surface area contributed by atoms with Crippen LogP contribution in [0.2, 0.25) is 0 Å². The van der Waals surface area contributed by atoms with Gasteiger partial charge in [-0.15, -0.1) is 0 Å². The van der Waals surface area contributed by atoms with E-state index in [1.807, 2.05) is 30.3 Å². The predicted octanol–water partition coefficient (Wildman–Crippen LogP) is 7.31. The van der Waals surface area contributed by atoms with Crippen LogP contribution in [0.5, 0.6) is 0 Å². The van der Waals surface area contributed by atoms with Crippen molar-refractivity contribution in [3.8, 4) is 0 Å². The molecule has 4 aromatic carbocycles. The number of likely N-dealkylation sites (tertiary alicyclic amines) is 3. The largest absolute Gasteiger partial charge is 0.457 e. The molecule has 7 rings (SSSR count). The molecule has 0 spiro atoms. The molecular formula is C54H64N6O12. The Morgan fingerprint density at radius 3 is 1.32 bits per heavy atom. The first-order valence-electron chi connectivity index (χ1n) is 24.2. The molecule has 3 heterocycles. The number of rotatable bonds is 17. The Balaban J connectivity index is 1.04. The number of ether oxygens (including phenoxy) is 5. The molecule has 72 heavy (non-hydrogen) atoms. The number of nitrogens with one attached hydrogen (secondary N) is 3. The average molecular weight is 989 g/mol. The maximum absolute atomic E-state index is 14.3. The summed E-state index contributed by atoms with van der Waals surface area (Å²) in [6.45, 7) is 6.72. The third kappa shape index (κ3) is 12.8. The maximum atomic E-state index is 14.3. The van der Waals surface area contributed by atoms with E-state index in [1.54, 1.807) is 75.4 Å². The normalized spacial score (nSPS) is 17.6.